The molecule has 1 unspecified atom stereocenters. The maximum atomic E-state index is 6.68. The molecule has 3 rings (SSSR count). The second kappa shape index (κ2) is 5.69. The summed E-state index contributed by atoms with van der Waals surface area (Å²) in [5.74, 6) is 0. The van der Waals surface area contributed by atoms with E-state index in [0.29, 0.717) is 0 Å². The summed E-state index contributed by atoms with van der Waals surface area (Å²) >= 11 is 18.1. The second-order valence-electron chi connectivity index (χ2n) is 4.73. The number of hydrogen-bond acceptors (Lipinski definition) is 1. The largest absolute Gasteiger partial charge is 0.142 e. The standard InChI is InChI=1S/C16H11BrCl2S/c1-9-5-10(7-11(18)6-9)15(19)13-8-20-16-12(13)3-2-4-14(16)17/h2-8,15H,1H3. The molecule has 0 aliphatic carbocycles. The van der Waals surface area contributed by atoms with Crippen molar-refractivity contribution in [2.75, 3.05) is 0 Å². The van der Waals surface area contributed by atoms with E-state index in [2.05, 4.69) is 39.5 Å². The first-order valence-corrected chi connectivity index (χ1v) is 8.62. The van der Waals surface area contributed by atoms with E-state index in [-0.39, 0.29) is 5.38 Å². The summed E-state index contributed by atoms with van der Waals surface area (Å²) in [5.41, 5.74) is 3.30. The average molecular weight is 386 g/mol. The van der Waals surface area contributed by atoms with E-state index in [9.17, 15) is 0 Å². The minimum atomic E-state index is -0.185. The van der Waals surface area contributed by atoms with Crippen molar-refractivity contribution in [3.8, 4) is 0 Å². The van der Waals surface area contributed by atoms with E-state index in [1.54, 1.807) is 11.3 Å². The van der Waals surface area contributed by atoms with Gasteiger partial charge in [-0.1, -0.05) is 29.8 Å². The summed E-state index contributed by atoms with van der Waals surface area (Å²) in [7, 11) is 0. The third-order valence-corrected chi connectivity index (χ3v) is 5.89. The van der Waals surface area contributed by atoms with Gasteiger partial charge >= 0.3 is 0 Å². The maximum Gasteiger partial charge on any atom is 0.0850 e. The molecule has 0 aliphatic rings. The average Bonchev–Trinajstić information content (AvgIpc) is 2.82. The van der Waals surface area contributed by atoms with Crippen LogP contribution in [0, 0.1) is 6.92 Å². The highest BCUT2D eigenvalue weighted by atomic mass is 79.9. The van der Waals surface area contributed by atoms with Crippen LogP contribution < -0.4 is 0 Å². The quantitative estimate of drug-likeness (QED) is 0.418. The highest BCUT2D eigenvalue weighted by molar-refractivity contribution is 9.10. The molecule has 2 aromatic carbocycles. The smallest absolute Gasteiger partial charge is 0.0850 e. The first-order valence-electron chi connectivity index (χ1n) is 6.13. The molecule has 0 aliphatic heterocycles. The van der Waals surface area contributed by atoms with Crippen LogP contribution in [0.5, 0.6) is 0 Å². The molecule has 4 heteroatoms. The summed E-state index contributed by atoms with van der Waals surface area (Å²) in [6.07, 6.45) is 0. The van der Waals surface area contributed by atoms with Gasteiger partial charge in [0.1, 0.15) is 0 Å². The van der Waals surface area contributed by atoms with Gasteiger partial charge in [-0.15, -0.1) is 22.9 Å². The molecule has 102 valence electrons. The predicted molar refractivity (Wildman–Crippen MR) is 93.4 cm³/mol. The van der Waals surface area contributed by atoms with Crippen molar-refractivity contribution in [1.82, 2.24) is 0 Å². The molecule has 0 amide bonds. The lowest BCUT2D eigenvalue weighted by molar-refractivity contribution is 1.16. The molecule has 0 fully saturated rings. The zero-order chi connectivity index (χ0) is 14.3. The van der Waals surface area contributed by atoms with E-state index in [1.807, 2.05) is 25.1 Å². The number of rotatable bonds is 2. The summed E-state index contributed by atoms with van der Waals surface area (Å²) in [5, 5.41) is 3.87. The lowest BCUT2D eigenvalue weighted by atomic mass is 10.0. The number of fused-ring (bicyclic) bond motifs is 1. The van der Waals surface area contributed by atoms with Gasteiger partial charge in [-0.2, -0.15) is 0 Å². The molecular formula is C16H11BrCl2S. The summed E-state index contributed by atoms with van der Waals surface area (Å²) in [4.78, 5) is 0. The Morgan fingerprint density at radius 1 is 1.20 bits per heavy atom. The van der Waals surface area contributed by atoms with Crippen LogP contribution in [-0.4, -0.2) is 0 Å². The monoisotopic (exact) mass is 384 g/mol. The van der Waals surface area contributed by atoms with Crippen LogP contribution >= 0.6 is 50.5 Å². The van der Waals surface area contributed by atoms with Gasteiger partial charge in [-0.25, -0.2) is 0 Å². The van der Waals surface area contributed by atoms with Gasteiger partial charge in [-0.3, -0.25) is 0 Å². The van der Waals surface area contributed by atoms with Gasteiger partial charge in [-0.05, 0) is 68.5 Å². The van der Waals surface area contributed by atoms with Crippen molar-refractivity contribution in [2.24, 2.45) is 0 Å². The Hall–Kier alpha value is -0.540. The van der Waals surface area contributed by atoms with E-state index in [4.69, 9.17) is 23.2 Å². The van der Waals surface area contributed by atoms with Crippen LogP contribution in [-0.2, 0) is 0 Å². The SMILES string of the molecule is Cc1cc(Cl)cc(C(Cl)c2csc3c(Br)cccc23)c1. The van der Waals surface area contributed by atoms with Crippen LogP contribution in [0.2, 0.25) is 5.02 Å². The highest BCUT2D eigenvalue weighted by Gasteiger charge is 2.17. The fourth-order valence-corrected chi connectivity index (χ4v) is 4.66. The number of aryl methyl sites for hydroxylation is 1. The fourth-order valence-electron chi connectivity index (χ4n) is 2.33. The molecule has 0 radical (unpaired) electrons. The first-order chi connectivity index (χ1) is 9.56. The Kier molecular flexibility index (Phi) is 4.09. The van der Waals surface area contributed by atoms with Crippen molar-refractivity contribution in [3.05, 3.63) is 68.0 Å². The van der Waals surface area contributed by atoms with Crippen LogP contribution in [0.15, 0.2) is 46.3 Å². The molecule has 1 atom stereocenters. The molecule has 3 aromatic rings. The molecule has 0 saturated heterocycles. The van der Waals surface area contributed by atoms with Gasteiger partial charge in [0.05, 0.1) is 5.38 Å². The zero-order valence-electron chi connectivity index (χ0n) is 10.7. The molecule has 0 N–H and O–H groups in total. The lowest BCUT2D eigenvalue weighted by Crippen LogP contribution is -1.93. The Balaban J connectivity index is 2.13. The van der Waals surface area contributed by atoms with Crippen LogP contribution in [0.1, 0.15) is 22.1 Å². The summed E-state index contributed by atoms with van der Waals surface area (Å²) in [6.45, 7) is 2.03. The molecule has 0 saturated carbocycles. The van der Waals surface area contributed by atoms with Crippen LogP contribution in [0.3, 0.4) is 0 Å². The Morgan fingerprint density at radius 3 is 2.75 bits per heavy atom. The minimum Gasteiger partial charge on any atom is -0.142 e. The van der Waals surface area contributed by atoms with E-state index in [0.717, 1.165) is 26.2 Å². The normalized spacial score (nSPS) is 12.8. The maximum absolute atomic E-state index is 6.68. The van der Waals surface area contributed by atoms with Gasteiger partial charge in [0.25, 0.3) is 0 Å². The Labute approximate surface area is 140 Å². The van der Waals surface area contributed by atoms with Crippen molar-refractivity contribution in [3.63, 3.8) is 0 Å². The van der Waals surface area contributed by atoms with Crippen LogP contribution in [0.25, 0.3) is 10.1 Å². The molecule has 0 bridgehead atoms. The number of halogens is 3. The highest BCUT2D eigenvalue weighted by Crippen LogP contribution is 2.40. The molecular weight excluding hydrogens is 375 g/mol. The number of benzene rings is 2. The van der Waals surface area contributed by atoms with Gasteiger partial charge in [0.15, 0.2) is 0 Å². The second-order valence-corrected chi connectivity index (χ2v) is 7.34. The fraction of sp³-hybridized carbons (Fsp3) is 0.125. The predicted octanol–water partition coefficient (Wildman–Crippen LogP) is 6.95. The minimum absolute atomic E-state index is 0.185. The number of hydrogen-bond donors (Lipinski definition) is 0. The molecule has 20 heavy (non-hydrogen) atoms. The van der Waals surface area contributed by atoms with E-state index in [1.165, 1.54) is 10.1 Å². The van der Waals surface area contributed by atoms with E-state index < -0.39 is 0 Å². The third kappa shape index (κ3) is 2.62. The van der Waals surface area contributed by atoms with Crippen molar-refractivity contribution in [2.45, 2.75) is 12.3 Å². The third-order valence-electron chi connectivity index (χ3n) is 3.21. The first kappa shape index (κ1) is 14.4. The van der Waals surface area contributed by atoms with Gasteiger partial charge < -0.3 is 0 Å². The van der Waals surface area contributed by atoms with Crippen molar-refractivity contribution < 1.29 is 0 Å². The molecule has 1 aromatic heterocycles. The molecule has 0 nitrogen and oxygen atoms in total. The Bertz CT molecular complexity index is 759. The Morgan fingerprint density at radius 2 is 2.00 bits per heavy atom. The topological polar surface area (TPSA) is 0 Å². The van der Waals surface area contributed by atoms with Crippen molar-refractivity contribution >= 4 is 60.6 Å². The number of alkyl halides is 1. The van der Waals surface area contributed by atoms with E-state index >= 15 is 0 Å². The molecule has 1 heterocycles. The number of thiophene rings is 1. The van der Waals surface area contributed by atoms with Gasteiger partial charge in [0.2, 0.25) is 0 Å². The molecule has 0 spiro atoms. The van der Waals surface area contributed by atoms with Gasteiger partial charge in [0, 0.05) is 14.2 Å². The summed E-state index contributed by atoms with van der Waals surface area (Å²) < 4.78 is 2.34. The van der Waals surface area contributed by atoms with Crippen molar-refractivity contribution in [1.29, 1.82) is 0 Å². The zero-order valence-corrected chi connectivity index (χ0v) is 14.6. The van der Waals surface area contributed by atoms with Crippen LogP contribution in [0.4, 0.5) is 0 Å². The summed E-state index contributed by atoms with van der Waals surface area (Å²) in [6, 6.07) is 12.2. The lowest BCUT2D eigenvalue weighted by Gasteiger charge is -2.11.